The summed E-state index contributed by atoms with van der Waals surface area (Å²) in [5.74, 6) is 0.663. The first kappa shape index (κ1) is 12.2. The van der Waals surface area contributed by atoms with E-state index in [4.69, 9.17) is 16.3 Å². The van der Waals surface area contributed by atoms with E-state index in [1.165, 1.54) is 24.2 Å². The summed E-state index contributed by atoms with van der Waals surface area (Å²) < 4.78 is 5.67. The van der Waals surface area contributed by atoms with Gasteiger partial charge in [-0.25, -0.2) is 0 Å². The molecule has 0 spiro atoms. The SMILES string of the molecule is CCCC1Cc2ncc(Cl)cc2N2CCOCC12. The van der Waals surface area contributed by atoms with Crippen molar-refractivity contribution >= 4 is 17.3 Å². The highest BCUT2D eigenvalue weighted by Gasteiger charge is 2.36. The smallest absolute Gasteiger partial charge is 0.0673 e. The van der Waals surface area contributed by atoms with Crippen LogP contribution >= 0.6 is 11.6 Å². The van der Waals surface area contributed by atoms with Crippen LogP contribution in [0.2, 0.25) is 5.02 Å². The minimum absolute atomic E-state index is 0.506. The minimum atomic E-state index is 0.506. The van der Waals surface area contributed by atoms with Gasteiger partial charge in [0.1, 0.15) is 0 Å². The molecule has 3 rings (SSSR count). The lowest BCUT2D eigenvalue weighted by Crippen LogP contribution is -2.53. The van der Waals surface area contributed by atoms with E-state index in [1.807, 2.05) is 0 Å². The predicted octanol–water partition coefficient (Wildman–Crippen LogP) is 2.91. The fourth-order valence-corrected chi connectivity index (χ4v) is 3.38. The van der Waals surface area contributed by atoms with Crippen molar-refractivity contribution in [2.24, 2.45) is 5.92 Å². The Bertz CT molecular complexity index is 438. The second kappa shape index (κ2) is 5.06. The standard InChI is InChI=1S/C14H19ClN2O/c1-2-3-10-6-12-13(7-11(15)8-16-12)17-4-5-18-9-14(10)17/h7-8,10,14H,2-6,9H2,1H3. The maximum atomic E-state index is 6.08. The normalized spacial score (nSPS) is 26.7. The third-order valence-corrected chi connectivity index (χ3v) is 4.25. The molecule has 18 heavy (non-hydrogen) atoms. The maximum Gasteiger partial charge on any atom is 0.0673 e. The van der Waals surface area contributed by atoms with Crippen molar-refractivity contribution in [1.82, 2.24) is 4.98 Å². The maximum absolute atomic E-state index is 6.08. The van der Waals surface area contributed by atoms with Crippen LogP contribution in [-0.2, 0) is 11.2 Å². The number of pyridine rings is 1. The molecule has 1 saturated heterocycles. The first-order valence-corrected chi connectivity index (χ1v) is 7.16. The number of fused-ring (bicyclic) bond motifs is 3. The summed E-state index contributed by atoms with van der Waals surface area (Å²) in [6, 6.07) is 2.57. The van der Waals surface area contributed by atoms with Gasteiger partial charge in [-0.15, -0.1) is 0 Å². The van der Waals surface area contributed by atoms with Crippen LogP contribution in [-0.4, -0.2) is 30.8 Å². The number of nitrogens with zero attached hydrogens (tertiary/aromatic N) is 2. The Kier molecular flexibility index (Phi) is 3.44. The Morgan fingerprint density at radius 3 is 3.28 bits per heavy atom. The third kappa shape index (κ3) is 2.10. The quantitative estimate of drug-likeness (QED) is 0.823. The number of hydrogen-bond acceptors (Lipinski definition) is 3. The zero-order chi connectivity index (χ0) is 12.5. The van der Waals surface area contributed by atoms with E-state index in [-0.39, 0.29) is 0 Å². The molecule has 1 aromatic heterocycles. The van der Waals surface area contributed by atoms with Gasteiger partial charge in [0.15, 0.2) is 0 Å². The predicted molar refractivity (Wildman–Crippen MR) is 73.3 cm³/mol. The molecule has 2 aliphatic rings. The molecule has 0 aliphatic carbocycles. The Morgan fingerprint density at radius 1 is 1.56 bits per heavy atom. The molecule has 0 aromatic carbocycles. The highest BCUT2D eigenvalue weighted by molar-refractivity contribution is 6.30. The first-order chi connectivity index (χ1) is 8.79. The Balaban J connectivity index is 1.97. The van der Waals surface area contributed by atoms with Crippen LogP contribution < -0.4 is 4.90 Å². The minimum Gasteiger partial charge on any atom is -0.377 e. The van der Waals surface area contributed by atoms with Crippen LogP contribution in [0, 0.1) is 5.92 Å². The summed E-state index contributed by atoms with van der Waals surface area (Å²) in [6.07, 6.45) is 5.29. The summed E-state index contributed by atoms with van der Waals surface area (Å²) in [5, 5.41) is 0.730. The molecule has 0 amide bonds. The van der Waals surface area contributed by atoms with E-state index in [1.54, 1.807) is 6.20 Å². The highest BCUT2D eigenvalue weighted by atomic mass is 35.5. The first-order valence-electron chi connectivity index (χ1n) is 6.78. The molecule has 98 valence electrons. The van der Waals surface area contributed by atoms with Crippen LogP contribution in [0.5, 0.6) is 0 Å². The summed E-state index contributed by atoms with van der Waals surface area (Å²) in [7, 11) is 0. The third-order valence-electron chi connectivity index (χ3n) is 4.05. The molecule has 4 heteroatoms. The van der Waals surface area contributed by atoms with Crippen molar-refractivity contribution in [1.29, 1.82) is 0 Å². The van der Waals surface area contributed by atoms with Gasteiger partial charge >= 0.3 is 0 Å². The van der Waals surface area contributed by atoms with E-state index in [0.717, 1.165) is 31.2 Å². The summed E-state index contributed by atoms with van der Waals surface area (Å²) in [4.78, 5) is 6.99. The molecule has 2 atom stereocenters. The monoisotopic (exact) mass is 266 g/mol. The van der Waals surface area contributed by atoms with E-state index >= 15 is 0 Å². The molecule has 0 saturated carbocycles. The van der Waals surface area contributed by atoms with Crippen molar-refractivity contribution in [3.63, 3.8) is 0 Å². The van der Waals surface area contributed by atoms with Gasteiger partial charge in [-0.1, -0.05) is 24.9 Å². The molecule has 2 aliphatic heterocycles. The van der Waals surface area contributed by atoms with Gasteiger partial charge in [0.2, 0.25) is 0 Å². The number of morpholine rings is 1. The van der Waals surface area contributed by atoms with Gasteiger partial charge in [-0.05, 0) is 24.8 Å². The van der Waals surface area contributed by atoms with Gasteiger partial charge in [0.25, 0.3) is 0 Å². The van der Waals surface area contributed by atoms with Crippen molar-refractivity contribution in [2.45, 2.75) is 32.2 Å². The van der Waals surface area contributed by atoms with Crippen LogP contribution in [0.1, 0.15) is 25.5 Å². The second-order valence-corrected chi connectivity index (χ2v) is 5.64. The molecule has 2 unspecified atom stereocenters. The van der Waals surface area contributed by atoms with E-state index in [2.05, 4.69) is 22.9 Å². The lowest BCUT2D eigenvalue weighted by Gasteiger charge is -2.45. The number of rotatable bonds is 2. The molecule has 0 bridgehead atoms. The fraction of sp³-hybridized carbons (Fsp3) is 0.643. The molecule has 3 heterocycles. The Morgan fingerprint density at radius 2 is 2.44 bits per heavy atom. The van der Waals surface area contributed by atoms with E-state index in [9.17, 15) is 0 Å². The van der Waals surface area contributed by atoms with Crippen LogP contribution in [0.15, 0.2) is 12.3 Å². The summed E-state index contributed by atoms with van der Waals surface area (Å²) in [5.41, 5.74) is 2.43. The number of hydrogen-bond donors (Lipinski definition) is 0. The van der Waals surface area contributed by atoms with Crippen molar-refractivity contribution in [2.75, 3.05) is 24.7 Å². The van der Waals surface area contributed by atoms with Crippen LogP contribution in [0.4, 0.5) is 5.69 Å². The number of ether oxygens (including phenoxy) is 1. The largest absolute Gasteiger partial charge is 0.377 e. The number of anilines is 1. The van der Waals surface area contributed by atoms with Crippen LogP contribution in [0.25, 0.3) is 0 Å². The summed E-state index contributed by atoms with van der Waals surface area (Å²) in [6.45, 7) is 4.86. The molecule has 1 aromatic rings. The molecule has 0 N–H and O–H groups in total. The lowest BCUT2D eigenvalue weighted by atomic mass is 9.84. The highest BCUT2D eigenvalue weighted by Crippen LogP contribution is 2.37. The van der Waals surface area contributed by atoms with Crippen molar-refractivity contribution in [3.8, 4) is 0 Å². The summed E-state index contributed by atoms with van der Waals surface area (Å²) >= 11 is 6.08. The topological polar surface area (TPSA) is 25.4 Å². The molecular formula is C14H19ClN2O. The van der Waals surface area contributed by atoms with Gasteiger partial charge < -0.3 is 9.64 Å². The lowest BCUT2D eigenvalue weighted by molar-refractivity contribution is 0.0698. The van der Waals surface area contributed by atoms with Gasteiger partial charge in [0, 0.05) is 12.7 Å². The van der Waals surface area contributed by atoms with Crippen molar-refractivity contribution < 1.29 is 4.74 Å². The average Bonchev–Trinajstić information content (AvgIpc) is 2.40. The Hall–Kier alpha value is -0.800. The van der Waals surface area contributed by atoms with E-state index < -0.39 is 0 Å². The fourth-order valence-electron chi connectivity index (χ4n) is 3.22. The molecular weight excluding hydrogens is 248 g/mol. The molecule has 0 radical (unpaired) electrons. The van der Waals surface area contributed by atoms with Gasteiger partial charge in [-0.2, -0.15) is 0 Å². The number of halogens is 1. The number of aromatic nitrogens is 1. The average molecular weight is 267 g/mol. The molecule has 1 fully saturated rings. The van der Waals surface area contributed by atoms with Crippen LogP contribution in [0.3, 0.4) is 0 Å². The zero-order valence-electron chi connectivity index (χ0n) is 10.7. The zero-order valence-corrected chi connectivity index (χ0v) is 11.5. The van der Waals surface area contributed by atoms with E-state index in [0.29, 0.717) is 12.0 Å². The van der Waals surface area contributed by atoms with Gasteiger partial charge in [-0.3, -0.25) is 4.98 Å². The molecule has 3 nitrogen and oxygen atoms in total. The van der Waals surface area contributed by atoms with Gasteiger partial charge in [0.05, 0.1) is 35.7 Å². The van der Waals surface area contributed by atoms with Crippen molar-refractivity contribution in [3.05, 3.63) is 23.0 Å². The Labute approximate surface area is 113 Å². The second-order valence-electron chi connectivity index (χ2n) is 5.21.